The van der Waals surface area contributed by atoms with Gasteiger partial charge in [-0.05, 0) is 44.2 Å². The maximum Gasteiger partial charge on any atom is 0.407 e. The summed E-state index contributed by atoms with van der Waals surface area (Å²) in [4.78, 5) is 15.2. The van der Waals surface area contributed by atoms with Gasteiger partial charge in [0.15, 0.2) is 0 Å². The molecule has 106 valence electrons. The number of hydrogen-bond donors (Lipinski definition) is 1. The summed E-state index contributed by atoms with van der Waals surface area (Å²) in [6, 6.07) is 4.48. The number of likely N-dealkylation sites (tertiary alicyclic amines) is 1. The van der Waals surface area contributed by atoms with Crippen LogP contribution in [0.4, 0.5) is 4.79 Å². The molecule has 0 aromatic carbocycles. The third-order valence-electron chi connectivity index (χ3n) is 3.39. The SMILES string of the molecule is CCOC(=O)NC1CC(Cc2cccs2)CN(C)C1. The number of rotatable bonds is 4. The Morgan fingerprint density at radius 1 is 1.58 bits per heavy atom. The normalized spacial score (nSPS) is 24.1. The average Bonchev–Trinajstić information content (AvgIpc) is 2.81. The van der Waals surface area contributed by atoms with Gasteiger partial charge in [0.05, 0.1) is 6.61 Å². The Hall–Kier alpha value is -1.07. The van der Waals surface area contributed by atoms with Gasteiger partial charge in [-0.15, -0.1) is 11.3 Å². The van der Waals surface area contributed by atoms with Crippen molar-refractivity contribution < 1.29 is 9.53 Å². The molecule has 2 heterocycles. The number of piperidine rings is 1. The van der Waals surface area contributed by atoms with Gasteiger partial charge in [0, 0.05) is 24.0 Å². The molecule has 1 aromatic rings. The van der Waals surface area contributed by atoms with E-state index >= 15 is 0 Å². The van der Waals surface area contributed by atoms with E-state index in [4.69, 9.17) is 4.74 Å². The minimum absolute atomic E-state index is 0.197. The molecule has 1 N–H and O–H groups in total. The van der Waals surface area contributed by atoms with Gasteiger partial charge in [0.2, 0.25) is 0 Å². The molecular formula is C14H22N2O2S. The number of carbonyl (C=O) groups excluding carboxylic acids is 1. The molecule has 2 unspecified atom stereocenters. The molecule has 0 aliphatic carbocycles. The van der Waals surface area contributed by atoms with Crippen molar-refractivity contribution in [3.63, 3.8) is 0 Å². The van der Waals surface area contributed by atoms with Crippen LogP contribution in [-0.2, 0) is 11.2 Å². The highest BCUT2D eigenvalue weighted by Gasteiger charge is 2.26. The number of carbonyl (C=O) groups is 1. The first-order valence-electron chi connectivity index (χ1n) is 6.81. The number of alkyl carbamates (subject to hydrolysis) is 1. The Morgan fingerprint density at radius 2 is 2.42 bits per heavy atom. The van der Waals surface area contributed by atoms with Crippen molar-refractivity contribution in [2.45, 2.75) is 25.8 Å². The van der Waals surface area contributed by atoms with Crippen molar-refractivity contribution in [1.82, 2.24) is 10.2 Å². The molecule has 1 amide bonds. The predicted octanol–water partition coefficient (Wildman–Crippen LogP) is 2.36. The van der Waals surface area contributed by atoms with E-state index in [-0.39, 0.29) is 12.1 Å². The van der Waals surface area contributed by atoms with E-state index in [1.807, 2.05) is 18.3 Å². The lowest BCUT2D eigenvalue weighted by atomic mass is 9.91. The summed E-state index contributed by atoms with van der Waals surface area (Å²) < 4.78 is 4.95. The summed E-state index contributed by atoms with van der Waals surface area (Å²) in [7, 11) is 2.11. The Labute approximate surface area is 118 Å². The fourth-order valence-corrected chi connectivity index (χ4v) is 3.57. The third kappa shape index (κ3) is 4.51. The molecule has 0 radical (unpaired) electrons. The predicted molar refractivity (Wildman–Crippen MR) is 77.6 cm³/mol. The standard InChI is InChI=1S/C14H22N2O2S/c1-3-18-14(17)15-12-7-11(9-16(2)10-12)8-13-5-4-6-19-13/h4-6,11-12H,3,7-10H2,1-2H3,(H,15,17). The van der Waals surface area contributed by atoms with Gasteiger partial charge in [0.1, 0.15) is 0 Å². The Kier molecular flexibility index (Phi) is 5.22. The van der Waals surface area contributed by atoms with Crippen LogP contribution in [-0.4, -0.2) is 43.8 Å². The van der Waals surface area contributed by atoms with Crippen LogP contribution >= 0.6 is 11.3 Å². The topological polar surface area (TPSA) is 41.6 Å². The van der Waals surface area contributed by atoms with Crippen LogP contribution in [0.15, 0.2) is 17.5 Å². The molecule has 0 bridgehead atoms. The minimum Gasteiger partial charge on any atom is -0.450 e. The number of nitrogens with one attached hydrogen (secondary N) is 1. The monoisotopic (exact) mass is 282 g/mol. The van der Waals surface area contributed by atoms with Gasteiger partial charge in [-0.1, -0.05) is 6.07 Å². The molecule has 1 aliphatic rings. The lowest BCUT2D eigenvalue weighted by molar-refractivity contribution is 0.127. The van der Waals surface area contributed by atoms with Crippen molar-refractivity contribution in [3.8, 4) is 0 Å². The van der Waals surface area contributed by atoms with Crippen LogP contribution in [0.25, 0.3) is 0 Å². The first-order chi connectivity index (χ1) is 9.17. The smallest absolute Gasteiger partial charge is 0.407 e. The van der Waals surface area contributed by atoms with Crippen LogP contribution in [0.3, 0.4) is 0 Å². The fourth-order valence-electron chi connectivity index (χ4n) is 2.75. The van der Waals surface area contributed by atoms with Crippen LogP contribution in [0.1, 0.15) is 18.2 Å². The molecule has 0 spiro atoms. The maximum absolute atomic E-state index is 11.5. The highest BCUT2D eigenvalue weighted by molar-refractivity contribution is 7.09. The quantitative estimate of drug-likeness (QED) is 0.921. The molecular weight excluding hydrogens is 260 g/mol. The van der Waals surface area contributed by atoms with E-state index in [2.05, 4.69) is 34.8 Å². The van der Waals surface area contributed by atoms with Crippen LogP contribution in [0.2, 0.25) is 0 Å². The van der Waals surface area contributed by atoms with Gasteiger partial charge >= 0.3 is 6.09 Å². The van der Waals surface area contributed by atoms with E-state index in [0.717, 1.165) is 25.9 Å². The number of amides is 1. The fraction of sp³-hybridized carbons (Fsp3) is 0.643. The van der Waals surface area contributed by atoms with Crippen molar-refractivity contribution in [1.29, 1.82) is 0 Å². The second kappa shape index (κ2) is 6.91. The lowest BCUT2D eigenvalue weighted by Crippen LogP contribution is -2.49. The minimum atomic E-state index is -0.294. The average molecular weight is 282 g/mol. The summed E-state index contributed by atoms with van der Waals surface area (Å²) in [5, 5.41) is 5.08. The largest absolute Gasteiger partial charge is 0.450 e. The van der Waals surface area contributed by atoms with Crippen LogP contribution in [0.5, 0.6) is 0 Å². The number of thiophene rings is 1. The Morgan fingerprint density at radius 3 is 3.11 bits per heavy atom. The highest BCUT2D eigenvalue weighted by atomic mass is 32.1. The van der Waals surface area contributed by atoms with E-state index in [1.54, 1.807) is 0 Å². The molecule has 1 saturated heterocycles. The van der Waals surface area contributed by atoms with Gasteiger partial charge in [-0.3, -0.25) is 0 Å². The summed E-state index contributed by atoms with van der Waals surface area (Å²) in [5.74, 6) is 0.601. The Balaban J connectivity index is 1.86. The van der Waals surface area contributed by atoms with Gasteiger partial charge in [0.25, 0.3) is 0 Å². The van der Waals surface area contributed by atoms with Gasteiger partial charge in [-0.2, -0.15) is 0 Å². The van der Waals surface area contributed by atoms with Crippen molar-refractivity contribution >= 4 is 17.4 Å². The summed E-state index contributed by atoms with van der Waals surface area (Å²) in [5.41, 5.74) is 0. The molecule has 2 atom stereocenters. The first kappa shape index (κ1) is 14.3. The number of likely N-dealkylation sites (N-methyl/N-ethyl adjacent to an activating group) is 1. The zero-order chi connectivity index (χ0) is 13.7. The van der Waals surface area contributed by atoms with E-state index in [9.17, 15) is 4.79 Å². The molecule has 19 heavy (non-hydrogen) atoms. The maximum atomic E-state index is 11.5. The van der Waals surface area contributed by atoms with Crippen molar-refractivity contribution in [2.75, 3.05) is 26.7 Å². The summed E-state index contributed by atoms with van der Waals surface area (Å²) in [6.07, 6.45) is 1.84. The van der Waals surface area contributed by atoms with Crippen molar-refractivity contribution in [2.24, 2.45) is 5.92 Å². The Bertz CT molecular complexity index is 394. The third-order valence-corrected chi connectivity index (χ3v) is 4.29. The molecule has 1 fully saturated rings. The lowest BCUT2D eigenvalue weighted by Gasteiger charge is -2.35. The van der Waals surface area contributed by atoms with E-state index in [0.29, 0.717) is 12.5 Å². The van der Waals surface area contributed by atoms with Crippen LogP contribution in [0, 0.1) is 5.92 Å². The second-order valence-corrected chi connectivity index (χ2v) is 6.20. The zero-order valence-electron chi connectivity index (χ0n) is 11.6. The number of nitrogens with zero attached hydrogens (tertiary/aromatic N) is 1. The molecule has 4 nitrogen and oxygen atoms in total. The number of ether oxygens (including phenoxy) is 1. The van der Waals surface area contributed by atoms with Crippen LogP contribution < -0.4 is 5.32 Å². The summed E-state index contributed by atoms with van der Waals surface area (Å²) in [6.45, 7) is 4.25. The molecule has 0 saturated carbocycles. The van der Waals surface area contributed by atoms with Gasteiger partial charge in [-0.25, -0.2) is 4.79 Å². The van der Waals surface area contributed by atoms with E-state index < -0.39 is 0 Å². The second-order valence-electron chi connectivity index (χ2n) is 5.17. The number of hydrogen-bond acceptors (Lipinski definition) is 4. The van der Waals surface area contributed by atoms with E-state index in [1.165, 1.54) is 4.88 Å². The molecule has 1 aromatic heterocycles. The molecule has 5 heteroatoms. The molecule has 2 rings (SSSR count). The molecule has 1 aliphatic heterocycles. The van der Waals surface area contributed by atoms with Gasteiger partial charge < -0.3 is 15.0 Å². The first-order valence-corrected chi connectivity index (χ1v) is 7.69. The summed E-state index contributed by atoms with van der Waals surface area (Å²) >= 11 is 1.81. The zero-order valence-corrected chi connectivity index (χ0v) is 12.4. The highest BCUT2D eigenvalue weighted by Crippen LogP contribution is 2.22. The van der Waals surface area contributed by atoms with Crippen molar-refractivity contribution in [3.05, 3.63) is 22.4 Å².